The van der Waals surface area contributed by atoms with Crippen LogP contribution in [0.2, 0.25) is 5.02 Å². The van der Waals surface area contributed by atoms with Crippen molar-refractivity contribution < 1.29 is 23.0 Å². The second kappa shape index (κ2) is 11.9. The summed E-state index contributed by atoms with van der Waals surface area (Å²) in [4.78, 5) is 10.9. The zero-order chi connectivity index (χ0) is 26.4. The summed E-state index contributed by atoms with van der Waals surface area (Å²) in [6, 6.07) is 12.1. The molecule has 37 heavy (non-hydrogen) atoms. The molecule has 0 unspecified atom stereocenters. The molecule has 11 nitrogen and oxygen atoms in total. The van der Waals surface area contributed by atoms with Gasteiger partial charge in [0.05, 0.1) is 44.0 Å². The lowest BCUT2D eigenvalue weighted by molar-refractivity contribution is 0.122. The Hall–Kier alpha value is -3.16. The Labute approximate surface area is 220 Å². The van der Waals surface area contributed by atoms with Crippen LogP contribution in [0.1, 0.15) is 6.92 Å². The maximum Gasteiger partial charge on any atom is 0.242 e. The minimum absolute atomic E-state index is 0.0137. The SMILES string of the molecule is COc1cc(N2CCOCC2)ccc1Nc1ncc(Cl)c(Nc2ccccc2S(=O)(=O)NC[C@@H](C)O)n1. The Kier molecular flexibility index (Phi) is 8.67. The van der Waals surface area contributed by atoms with E-state index in [0.29, 0.717) is 24.7 Å². The number of aliphatic hydroxyl groups is 1. The smallest absolute Gasteiger partial charge is 0.242 e. The molecule has 1 atom stereocenters. The number of benzene rings is 2. The zero-order valence-corrected chi connectivity index (χ0v) is 22.0. The molecule has 0 radical (unpaired) electrons. The number of methoxy groups -OCH3 is 1. The normalized spacial score (nSPS) is 14.8. The van der Waals surface area contributed by atoms with Gasteiger partial charge in [-0.2, -0.15) is 4.98 Å². The van der Waals surface area contributed by atoms with Gasteiger partial charge < -0.3 is 30.1 Å². The maximum atomic E-state index is 12.8. The molecule has 2 heterocycles. The highest BCUT2D eigenvalue weighted by atomic mass is 35.5. The number of nitrogens with one attached hydrogen (secondary N) is 3. The van der Waals surface area contributed by atoms with Gasteiger partial charge in [0.25, 0.3) is 0 Å². The van der Waals surface area contributed by atoms with Crippen molar-refractivity contribution >= 4 is 50.5 Å². The highest BCUT2D eigenvalue weighted by Crippen LogP contribution is 2.33. The van der Waals surface area contributed by atoms with Crippen LogP contribution < -0.4 is 25.0 Å². The lowest BCUT2D eigenvalue weighted by atomic mass is 10.2. The predicted octanol–water partition coefficient (Wildman–Crippen LogP) is 3.12. The molecule has 0 amide bonds. The summed E-state index contributed by atoms with van der Waals surface area (Å²) in [6.45, 7) is 4.34. The van der Waals surface area contributed by atoms with Crippen molar-refractivity contribution in [2.75, 3.05) is 55.5 Å². The molecule has 0 bridgehead atoms. The highest BCUT2D eigenvalue weighted by Gasteiger charge is 2.20. The fourth-order valence-electron chi connectivity index (χ4n) is 3.68. The van der Waals surface area contributed by atoms with Crippen molar-refractivity contribution in [3.05, 3.63) is 53.7 Å². The molecule has 0 saturated carbocycles. The van der Waals surface area contributed by atoms with Crippen molar-refractivity contribution in [3.8, 4) is 5.75 Å². The summed E-state index contributed by atoms with van der Waals surface area (Å²) in [5.74, 6) is 1.05. The molecule has 2 aromatic carbocycles. The van der Waals surface area contributed by atoms with Gasteiger partial charge in [0.2, 0.25) is 16.0 Å². The van der Waals surface area contributed by atoms with Crippen LogP contribution >= 0.6 is 11.6 Å². The van der Waals surface area contributed by atoms with Crippen LogP contribution in [0.4, 0.5) is 28.8 Å². The number of aromatic nitrogens is 2. The van der Waals surface area contributed by atoms with Crippen molar-refractivity contribution in [1.82, 2.24) is 14.7 Å². The van der Waals surface area contributed by atoms with Crippen molar-refractivity contribution in [2.24, 2.45) is 0 Å². The number of rotatable bonds is 10. The molecule has 4 rings (SSSR count). The van der Waals surface area contributed by atoms with Crippen LogP contribution in [-0.2, 0) is 14.8 Å². The number of anilines is 5. The first-order valence-corrected chi connectivity index (χ1v) is 13.5. The van der Waals surface area contributed by atoms with E-state index >= 15 is 0 Å². The zero-order valence-electron chi connectivity index (χ0n) is 20.4. The molecule has 1 saturated heterocycles. The topological polar surface area (TPSA) is 138 Å². The van der Waals surface area contributed by atoms with Crippen molar-refractivity contribution in [1.29, 1.82) is 0 Å². The minimum atomic E-state index is -3.90. The number of ether oxygens (including phenoxy) is 2. The molecule has 1 aliphatic heterocycles. The number of hydrogen-bond acceptors (Lipinski definition) is 10. The van der Waals surface area contributed by atoms with Gasteiger partial charge in [-0.05, 0) is 31.2 Å². The second-order valence-electron chi connectivity index (χ2n) is 8.32. The third-order valence-corrected chi connectivity index (χ3v) is 7.31. The average molecular weight is 549 g/mol. The van der Waals surface area contributed by atoms with Gasteiger partial charge in [0.1, 0.15) is 15.7 Å². The first-order valence-electron chi connectivity index (χ1n) is 11.6. The van der Waals surface area contributed by atoms with E-state index in [9.17, 15) is 13.5 Å². The first-order chi connectivity index (χ1) is 17.8. The van der Waals surface area contributed by atoms with Gasteiger partial charge >= 0.3 is 0 Å². The summed E-state index contributed by atoms with van der Waals surface area (Å²) < 4.78 is 39.0. The highest BCUT2D eigenvalue weighted by molar-refractivity contribution is 7.89. The number of hydrogen-bond donors (Lipinski definition) is 4. The molecule has 1 aliphatic rings. The molecule has 4 N–H and O–H groups in total. The molecule has 0 aliphatic carbocycles. The fraction of sp³-hybridized carbons (Fsp3) is 0.333. The number of morpholine rings is 1. The van der Waals surface area contributed by atoms with Crippen LogP contribution in [0.5, 0.6) is 5.75 Å². The molecular formula is C24H29ClN6O5S. The Balaban J connectivity index is 1.56. The summed E-state index contributed by atoms with van der Waals surface area (Å²) in [5, 5.41) is 15.8. The van der Waals surface area contributed by atoms with E-state index < -0.39 is 16.1 Å². The van der Waals surface area contributed by atoms with Crippen LogP contribution in [0.15, 0.2) is 53.6 Å². The van der Waals surface area contributed by atoms with Crippen molar-refractivity contribution in [2.45, 2.75) is 17.9 Å². The Morgan fingerprint density at radius 1 is 1.16 bits per heavy atom. The molecule has 0 spiro atoms. The van der Waals surface area contributed by atoms with Gasteiger partial charge in [0, 0.05) is 31.4 Å². The number of aliphatic hydroxyl groups excluding tert-OH is 1. The van der Waals surface area contributed by atoms with Crippen LogP contribution in [0.3, 0.4) is 0 Å². The number of para-hydroxylation sites is 1. The fourth-order valence-corrected chi connectivity index (χ4v) is 5.10. The monoisotopic (exact) mass is 548 g/mol. The summed E-state index contributed by atoms with van der Waals surface area (Å²) in [6.07, 6.45) is 0.580. The Bertz CT molecular complexity index is 1330. The first kappa shape index (κ1) is 26.9. The third kappa shape index (κ3) is 6.79. The molecular weight excluding hydrogens is 520 g/mol. The lowest BCUT2D eigenvalue weighted by Crippen LogP contribution is -2.36. The lowest BCUT2D eigenvalue weighted by Gasteiger charge is -2.29. The van der Waals surface area contributed by atoms with E-state index in [1.807, 2.05) is 18.2 Å². The number of sulfonamides is 1. The summed E-state index contributed by atoms with van der Waals surface area (Å²) in [5.41, 5.74) is 1.93. The van der Waals surface area contributed by atoms with E-state index in [0.717, 1.165) is 18.8 Å². The van der Waals surface area contributed by atoms with E-state index in [-0.39, 0.29) is 33.9 Å². The number of nitrogens with zero attached hydrogens (tertiary/aromatic N) is 3. The van der Waals surface area contributed by atoms with Gasteiger partial charge in [0.15, 0.2) is 5.82 Å². The molecule has 198 valence electrons. The summed E-state index contributed by atoms with van der Waals surface area (Å²) in [7, 11) is -2.32. The van der Waals surface area contributed by atoms with Crippen LogP contribution in [-0.4, -0.2) is 69.6 Å². The molecule has 13 heteroatoms. The largest absolute Gasteiger partial charge is 0.494 e. The Morgan fingerprint density at radius 2 is 1.92 bits per heavy atom. The molecule has 3 aromatic rings. The van der Waals surface area contributed by atoms with Gasteiger partial charge in [-0.3, -0.25) is 0 Å². The van der Waals surface area contributed by atoms with Crippen molar-refractivity contribution in [3.63, 3.8) is 0 Å². The van der Waals surface area contributed by atoms with E-state index in [1.54, 1.807) is 25.3 Å². The number of halogens is 1. The maximum absolute atomic E-state index is 12.8. The quantitative estimate of drug-likeness (QED) is 0.299. The van der Waals surface area contributed by atoms with Gasteiger partial charge in [-0.15, -0.1) is 0 Å². The standard InChI is InChI=1S/C24H29ClN6O5S/c1-16(32)14-27-37(33,34)22-6-4-3-5-20(22)28-23-18(25)15-26-24(30-23)29-19-8-7-17(13-21(19)35-2)31-9-11-36-12-10-31/h3-8,13,15-16,27,32H,9-12,14H2,1-2H3,(H2,26,28,29,30)/t16-/m1/s1. The van der Waals surface area contributed by atoms with Crippen LogP contribution in [0.25, 0.3) is 0 Å². The second-order valence-corrected chi connectivity index (χ2v) is 10.5. The van der Waals surface area contributed by atoms with Gasteiger partial charge in [-0.1, -0.05) is 23.7 Å². The van der Waals surface area contributed by atoms with E-state index in [1.165, 1.54) is 19.2 Å². The minimum Gasteiger partial charge on any atom is -0.494 e. The average Bonchev–Trinajstić information content (AvgIpc) is 2.90. The molecule has 1 fully saturated rings. The van der Waals surface area contributed by atoms with E-state index in [4.69, 9.17) is 21.1 Å². The van der Waals surface area contributed by atoms with E-state index in [2.05, 4.69) is 30.2 Å². The van der Waals surface area contributed by atoms with Crippen LogP contribution in [0, 0.1) is 0 Å². The summed E-state index contributed by atoms with van der Waals surface area (Å²) >= 11 is 6.33. The Morgan fingerprint density at radius 3 is 2.65 bits per heavy atom. The van der Waals surface area contributed by atoms with Gasteiger partial charge in [-0.25, -0.2) is 18.1 Å². The third-order valence-electron chi connectivity index (χ3n) is 5.55. The molecule has 1 aromatic heterocycles. The predicted molar refractivity (Wildman–Crippen MR) is 143 cm³/mol.